The van der Waals surface area contributed by atoms with Gasteiger partial charge in [-0.15, -0.1) is 11.3 Å². The van der Waals surface area contributed by atoms with Gasteiger partial charge < -0.3 is 9.88 Å². The van der Waals surface area contributed by atoms with Crippen LogP contribution in [0.2, 0.25) is 0 Å². The Labute approximate surface area is 123 Å². The molecule has 1 N–H and O–H groups in total. The Hall–Kier alpha value is -1.62. The SMILES string of the molecule is CC(C)Cn1cccc(-c2csc(NC(C)C)n2)c1=O. The molecule has 0 aromatic carbocycles. The molecule has 2 heterocycles. The Kier molecular flexibility index (Phi) is 4.60. The van der Waals surface area contributed by atoms with Crippen LogP contribution in [0.1, 0.15) is 27.7 Å². The number of nitrogens with zero attached hydrogens (tertiary/aromatic N) is 2. The maximum Gasteiger partial charge on any atom is 0.260 e. The van der Waals surface area contributed by atoms with Crippen LogP contribution < -0.4 is 10.9 Å². The number of aromatic nitrogens is 2. The van der Waals surface area contributed by atoms with Crippen molar-refractivity contribution in [3.63, 3.8) is 0 Å². The molecular formula is C15H21N3OS. The molecule has 0 saturated heterocycles. The lowest BCUT2D eigenvalue weighted by molar-refractivity contribution is 0.511. The van der Waals surface area contributed by atoms with Gasteiger partial charge in [0.1, 0.15) is 0 Å². The monoisotopic (exact) mass is 291 g/mol. The molecule has 4 nitrogen and oxygen atoms in total. The van der Waals surface area contributed by atoms with Gasteiger partial charge in [-0.3, -0.25) is 4.79 Å². The first-order valence-corrected chi connectivity index (χ1v) is 7.77. The minimum absolute atomic E-state index is 0.0302. The predicted octanol–water partition coefficient (Wildman–Crippen LogP) is 3.45. The zero-order chi connectivity index (χ0) is 14.7. The lowest BCUT2D eigenvalue weighted by Crippen LogP contribution is -2.23. The van der Waals surface area contributed by atoms with E-state index in [4.69, 9.17) is 0 Å². The fraction of sp³-hybridized carbons (Fsp3) is 0.467. The molecule has 2 aromatic heterocycles. The molecule has 0 saturated carbocycles. The zero-order valence-electron chi connectivity index (χ0n) is 12.4. The van der Waals surface area contributed by atoms with E-state index in [2.05, 4.69) is 38.0 Å². The second-order valence-electron chi connectivity index (χ2n) is 5.61. The summed E-state index contributed by atoms with van der Waals surface area (Å²) in [7, 11) is 0. The normalized spacial score (nSPS) is 11.3. The Morgan fingerprint density at radius 3 is 2.75 bits per heavy atom. The molecule has 2 aromatic rings. The third-order valence-corrected chi connectivity index (χ3v) is 3.55. The van der Waals surface area contributed by atoms with Crippen LogP contribution in [0.3, 0.4) is 0 Å². The number of nitrogens with one attached hydrogen (secondary N) is 1. The second kappa shape index (κ2) is 6.22. The van der Waals surface area contributed by atoms with Gasteiger partial charge in [0.2, 0.25) is 0 Å². The van der Waals surface area contributed by atoms with Crippen LogP contribution in [0, 0.1) is 5.92 Å². The lowest BCUT2D eigenvalue weighted by Gasteiger charge is -2.09. The largest absolute Gasteiger partial charge is 0.359 e. The quantitative estimate of drug-likeness (QED) is 0.918. The first-order chi connectivity index (χ1) is 9.47. The maximum absolute atomic E-state index is 12.4. The molecular weight excluding hydrogens is 270 g/mol. The van der Waals surface area contributed by atoms with Gasteiger partial charge >= 0.3 is 0 Å². The van der Waals surface area contributed by atoms with Crippen LogP contribution in [0.15, 0.2) is 28.5 Å². The summed E-state index contributed by atoms with van der Waals surface area (Å²) >= 11 is 1.53. The van der Waals surface area contributed by atoms with Crippen molar-refractivity contribution in [2.45, 2.75) is 40.3 Å². The van der Waals surface area contributed by atoms with E-state index < -0.39 is 0 Å². The van der Waals surface area contributed by atoms with E-state index in [0.29, 0.717) is 17.5 Å². The van der Waals surface area contributed by atoms with E-state index in [1.807, 2.05) is 23.7 Å². The molecule has 0 amide bonds. The van der Waals surface area contributed by atoms with Gasteiger partial charge in [0.05, 0.1) is 11.3 Å². The van der Waals surface area contributed by atoms with Crippen molar-refractivity contribution in [3.05, 3.63) is 34.1 Å². The van der Waals surface area contributed by atoms with Gasteiger partial charge in [0, 0.05) is 24.2 Å². The Morgan fingerprint density at radius 2 is 2.10 bits per heavy atom. The van der Waals surface area contributed by atoms with Gasteiger partial charge in [-0.2, -0.15) is 0 Å². The predicted molar refractivity (Wildman–Crippen MR) is 85.4 cm³/mol. The molecule has 0 unspecified atom stereocenters. The van der Waals surface area contributed by atoms with E-state index in [1.165, 1.54) is 11.3 Å². The summed E-state index contributed by atoms with van der Waals surface area (Å²) in [5.41, 5.74) is 1.45. The Balaban J connectivity index is 2.33. The van der Waals surface area contributed by atoms with Crippen molar-refractivity contribution in [1.29, 1.82) is 0 Å². The molecule has 0 bridgehead atoms. The summed E-state index contributed by atoms with van der Waals surface area (Å²) in [6.45, 7) is 9.07. The number of hydrogen-bond donors (Lipinski definition) is 1. The van der Waals surface area contributed by atoms with Crippen molar-refractivity contribution >= 4 is 16.5 Å². The Bertz CT molecular complexity index is 628. The smallest absolute Gasteiger partial charge is 0.260 e. The third kappa shape index (κ3) is 3.48. The lowest BCUT2D eigenvalue weighted by atomic mass is 10.2. The highest BCUT2D eigenvalue weighted by Crippen LogP contribution is 2.23. The summed E-state index contributed by atoms with van der Waals surface area (Å²) < 4.78 is 1.76. The van der Waals surface area contributed by atoms with E-state index in [-0.39, 0.29) is 5.56 Å². The molecule has 20 heavy (non-hydrogen) atoms. The van der Waals surface area contributed by atoms with Gasteiger partial charge in [-0.05, 0) is 31.9 Å². The van der Waals surface area contributed by atoms with Crippen molar-refractivity contribution in [2.24, 2.45) is 5.92 Å². The summed E-state index contributed by atoms with van der Waals surface area (Å²) in [6, 6.07) is 4.09. The van der Waals surface area contributed by atoms with Crippen molar-refractivity contribution in [3.8, 4) is 11.3 Å². The topological polar surface area (TPSA) is 46.9 Å². The standard InChI is InChI=1S/C15H21N3OS/c1-10(2)8-18-7-5-6-12(14(18)19)13-9-20-15(17-13)16-11(3)4/h5-7,9-11H,8H2,1-4H3,(H,16,17). The van der Waals surface area contributed by atoms with Gasteiger partial charge in [-0.1, -0.05) is 13.8 Å². The highest BCUT2D eigenvalue weighted by molar-refractivity contribution is 7.14. The van der Waals surface area contributed by atoms with Crippen LogP contribution >= 0.6 is 11.3 Å². The molecule has 108 valence electrons. The van der Waals surface area contributed by atoms with E-state index >= 15 is 0 Å². The van der Waals surface area contributed by atoms with Gasteiger partial charge in [0.25, 0.3) is 5.56 Å². The average molecular weight is 291 g/mol. The minimum atomic E-state index is 0.0302. The average Bonchev–Trinajstić information content (AvgIpc) is 2.78. The van der Waals surface area contributed by atoms with Crippen LogP contribution in [-0.2, 0) is 6.54 Å². The highest BCUT2D eigenvalue weighted by atomic mass is 32.1. The maximum atomic E-state index is 12.4. The Morgan fingerprint density at radius 1 is 1.35 bits per heavy atom. The second-order valence-corrected chi connectivity index (χ2v) is 6.47. The van der Waals surface area contributed by atoms with Crippen LogP contribution in [0.5, 0.6) is 0 Å². The molecule has 5 heteroatoms. The molecule has 0 atom stereocenters. The first kappa shape index (κ1) is 14.8. The summed E-state index contributed by atoms with van der Waals surface area (Å²) in [6.07, 6.45) is 1.84. The minimum Gasteiger partial charge on any atom is -0.359 e. The molecule has 0 aliphatic carbocycles. The van der Waals surface area contributed by atoms with Crippen molar-refractivity contribution in [2.75, 3.05) is 5.32 Å². The molecule has 0 spiro atoms. The highest BCUT2D eigenvalue weighted by Gasteiger charge is 2.11. The van der Waals surface area contributed by atoms with E-state index in [9.17, 15) is 4.79 Å². The summed E-state index contributed by atoms with van der Waals surface area (Å²) in [4.78, 5) is 16.9. The molecule has 0 radical (unpaired) electrons. The fourth-order valence-corrected chi connectivity index (χ4v) is 2.84. The number of pyridine rings is 1. The number of rotatable bonds is 5. The molecule has 0 fully saturated rings. The van der Waals surface area contributed by atoms with Crippen molar-refractivity contribution in [1.82, 2.24) is 9.55 Å². The van der Waals surface area contributed by atoms with Gasteiger partial charge in [-0.25, -0.2) is 4.98 Å². The number of hydrogen-bond acceptors (Lipinski definition) is 4. The summed E-state index contributed by atoms with van der Waals surface area (Å²) in [5, 5.41) is 6.05. The summed E-state index contributed by atoms with van der Waals surface area (Å²) in [5.74, 6) is 0.441. The molecule has 2 rings (SSSR count). The van der Waals surface area contributed by atoms with Crippen molar-refractivity contribution < 1.29 is 0 Å². The van der Waals surface area contributed by atoms with E-state index in [1.54, 1.807) is 4.57 Å². The van der Waals surface area contributed by atoms with Crippen LogP contribution in [0.4, 0.5) is 5.13 Å². The zero-order valence-corrected chi connectivity index (χ0v) is 13.2. The molecule has 0 aliphatic heterocycles. The number of anilines is 1. The van der Waals surface area contributed by atoms with Gasteiger partial charge in [0.15, 0.2) is 5.13 Å². The molecule has 0 aliphatic rings. The number of thiazole rings is 1. The fourth-order valence-electron chi connectivity index (χ4n) is 1.98. The first-order valence-electron chi connectivity index (χ1n) is 6.89. The van der Waals surface area contributed by atoms with Crippen LogP contribution in [-0.4, -0.2) is 15.6 Å². The van der Waals surface area contributed by atoms with E-state index in [0.717, 1.165) is 17.4 Å². The van der Waals surface area contributed by atoms with Crippen LogP contribution in [0.25, 0.3) is 11.3 Å². The third-order valence-electron chi connectivity index (χ3n) is 2.77.